The van der Waals surface area contributed by atoms with Crippen LogP contribution in [0, 0.1) is 12.3 Å². The van der Waals surface area contributed by atoms with Crippen molar-refractivity contribution in [1.82, 2.24) is 14.3 Å². The SMILES string of the molecule is Cc1ccc(S(=O)(=O)n2c(CNC(=O)C3(C)CC3)cc3cc(C=O)c(OCc4cscn4)cc32)cc1. The van der Waals surface area contributed by atoms with Crippen LogP contribution in [0.15, 0.2) is 58.3 Å². The lowest BCUT2D eigenvalue weighted by molar-refractivity contribution is -0.125. The summed E-state index contributed by atoms with van der Waals surface area (Å²) in [5.74, 6) is 0.151. The van der Waals surface area contributed by atoms with Crippen LogP contribution in [0.2, 0.25) is 0 Å². The summed E-state index contributed by atoms with van der Waals surface area (Å²) in [5.41, 5.74) is 3.97. The molecule has 1 aliphatic carbocycles. The van der Waals surface area contributed by atoms with Crippen molar-refractivity contribution >= 4 is 44.5 Å². The van der Waals surface area contributed by atoms with Crippen LogP contribution in [-0.4, -0.2) is 29.6 Å². The number of carbonyl (C=O) groups is 2. The smallest absolute Gasteiger partial charge is 0.268 e. The minimum atomic E-state index is -4.02. The average molecular weight is 524 g/mol. The summed E-state index contributed by atoms with van der Waals surface area (Å²) in [6, 6.07) is 11.4. The van der Waals surface area contributed by atoms with Crippen molar-refractivity contribution in [2.24, 2.45) is 5.41 Å². The summed E-state index contributed by atoms with van der Waals surface area (Å²) in [6.07, 6.45) is 2.30. The van der Waals surface area contributed by atoms with Gasteiger partial charge in [-0.3, -0.25) is 9.59 Å². The molecule has 2 aromatic heterocycles. The lowest BCUT2D eigenvalue weighted by atomic mass is 10.1. The zero-order chi connectivity index (χ0) is 25.5. The summed E-state index contributed by atoms with van der Waals surface area (Å²) >= 11 is 1.43. The standard InChI is InChI=1S/C26H25N3O5S2/c1-17-3-5-22(6-4-17)36(32,33)29-21(12-27-25(31)26(2)7-8-26)10-18-9-19(13-30)24(11-23(18)29)34-14-20-15-35-16-28-20/h3-6,9-11,13,15-16H,7-8,12,14H2,1-2H3,(H,27,31). The number of aromatic nitrogens is 2. The van der Waals surface area contributed by atoms with Crippen LogP contribution >= 0.6 is 11.3 Å². The van der Waals surface area contributed by atoms with E-state index in [4.69, 9.17) is 4.74 Å². The molecule has 0 bridgehead atoms. The van der Waals surface area contributed by atoms with Crippen LogP contribution in [0.1, 0.15) is 47.1 Å². The number of nitrogens with one attached hydrogen (secondary N) is 1. The van der Waals surface area contributed by atoms with Gasteiger partial charge in [0.05, 0.1) is 39.4 Å². The number of rotatable bonds is 9. The molecule has 1 saturated carbocycles. The van der Waals surface area contributed by atoms with Gasteiger partial charge >= 0.3 is 0 Å². The van der Waals surface area contributed by atoms with Gasteiger partial charge < -0.3 is 10.1 Å². The Labute approximate surface area is 213 Å². The van der Waals surface area contributed by atoms with Gasteiger partial charge in [-0.1, -0.05) is 24.6 Å². The molecule has 4 aromatic rings. The maximum absolute atomic E-state index is 13.8. The molecule has 0 atom stereocenters. The molecule has 1 N–H and O–H groups in total. The molecular formula is C26H25N3O5S2. The molecule has 0 radical (unpaired) electrons. The minimum Gasteiger partial charge on any atom is -0.486 e. The molecule has 0 unspecified atom stereocenters. The van der Waals surface area contributed by atoms with E-state index in [1.54, 1.807) is 48.0 Å². The molecule has 2 heterocycles. The molecule has 1 aliphatic rings. The molecule has 0 spiro atoms. The van der Waals surface area contributed by atoms with Gasteiger partial charge in [-0.2, -0.15) is 0 Å². The first-order valence-electron chi connectivity index (χ1n) is 11.5. The third kappa shape index (κ3) is 4.54. The Morgan fingerprint density at radius 2 is 1.97 bits per heavy atom. The van der Waals surface area contributed by atoms with Crippen LogP contribution in [0.5, 0.6) is 5.75 Å². The highest BCUT2D eigenvalue weighted by atomic mass is 32.2. The fraction of sp³-hybridized carbons (Fsp3) is 0.269. The second kappa shape index (κ2) is 9.18. The zero-order valence-corrected chi connectivity index (χ0v) is 21.5. The fourth-order valence-corrected chi connectivity index (χ4v) is 6.06. The molecular weight excluding hydrogens is 498 g/mol. The van der Waals surface area contributed by atoms with E-state index in [0.717, 1.165) is 18.4 Å². The summed E-state index contributed by atoms with van der Waals surface area (Å²) in [7, 11) is -4.02. The van der Waals surface area contributed by atoms with E-state index in [-0.39, 0.29) is 29.7 Å². The van der Waals surface area contributed by atoms with Crippen LogP contribution in [0.25, 0.3) is 10.9 Å². The zero-order valence-electron chi connectivity index (χ0n) is 19.9. The second-order valence-corrected chi connectivity index (χ2v) is 11.8. The number of hydrogen-bond acceptors (Lipinski definition) is 7. The Balaban J connectivity index is 1.61. The van der Waals surface area contributed by atoms with Gasteiger partial charge in [0.25, 0.3) is 10.0 Å². The number of benzene rings is 2. The third-order valence-corrected chi connectivity index (χ3v) is 8.90. The van der Waals surface area contributed by atoms with Gasteiger partial charge in [-0.25, -0.2) is 17.4 Å². The number of amides is 1. The first-order valence-corrected chi connectivity index (χ1v) is 13.8. The number of thiazole rings is 1. The largest absolute Gasteiger partial charge is 0.486 e. The quantitative estimate of drug-likeness (QED) is 0.325. The molecule has 36 heavy (non-hydrogen) atoms. The van der Waals surface area contributed by atoms with Gasteiger partial charge in [0.15, 0.2) is 6.29 Å². The van der Waals surface area contributed by atoms with Gasteiger partial charge in [0.1, 0.15) is 12.4 Å². The molecule has 1 amide bonds. The van der Waals surface area contributed by atoms with Crippen molar-refractivity contribution in [2.45, 2.75) is 44.7 Å². The average Bonchev–Trinajstić information content (AvgIpc) is 3.26. The Morgan fingerprint density at radius 1 is 1.22 bits per heavy atom. The molecule has 1 fully saturated rings. The minimum absolute atomic E-state index is 0.0274. The van der Waals surface area contributed by atoms with Crippen molar-refractivity contribution in [2.75, 3.05) is 0 Å². The summed E-state index contributed by atoms with van der Waals surface area (Å²) in [5, 5.41) is 5.28. The Hall–Kier alpha value is -3.50. The lowest BCUT2D eigenvalue weighted by Gasteiger charge is -2.15. The van der Waals surface area contributed by atoms with E-state index in [0.29, 0.717) is 34.1 Å². The normalized spacial score (nSPS) is 14.5. The molecule has 0 aliphatic heterocycles. The highest BCUT2D eigenvalue weighted by molar-refractivity contribution is 7.90. The fourth-order valence-electron chi connectivity index (χ4n) is 3.99. The highest BCUT2D eigenvalue weighted by Gasteiger charge is 2.44. The monoisotopic (exact) mass is 523 g/mol. The molecule has 186 valence electrons. The Morgan fingerprint density at radius 3 is 2.61 bits per heavy atom. The number of aryl methyl sites for hydroxylation is 1. The molecule has 2 aromatic carbocycles. The maximum atomic E-state index is 13.8. The van der Waals surface area contributed by atoms with E-state index in [9.17, 15) is 18.0 Å². The number of aldehydes is 1. The van der Waals surface area contributed by atoms with Gasteiger partial charge in [-0.05, 0) is 44.0 Å². The van der Waals surface area contributed by atoms with Gasteiger partial charge in [-0.15, -0.1) is 11.3 Å². The second-order valence-electron chi connectivity index (χ2n) is 9.30. The highest BCUT2D eigenvalue weighted by Crippen LogP contribution is 2.45. The maximum Gasteiger partial charge on any atom is 0.268 e. The van der Waals surface area contributed by atoms with Crippen LogP contribution < -0.4 is 10.1 Å². The van der Waals surface area contributed by atoms with Crippen molar-refractivity contribution in [3.63, 3.8) is 0 Å². The number of hydrogen-bond donors (Lipinski definition) is 1. The summed E-state index contributed by atoms with van der Waals surface area (Å²) in [4.78, 5) is 28.7. The molecule has 0 saturated heterocycles. The lowest BCUT2D eigenvalue weighted by Crippen LogP contribution is -2.31. The van der Waals surface area contributed by atoms with Crippen LogP contribution in [-0.2, 0) is 28.0 Å². The Kier molecular flexibility index (Phi) is 6.17. The first-order chi connectivity index (χ1) is 17.2. The number of carbonyl (C=O) groups excluding carboxylic acids is 2. The van der Waals surface area contributed by atoms with Crippen molar-refractivity contribution < 1.29 is 22.7 Å². The van der Waals surface area contributed by atoms with Crippen molar-refractivity contribution in [3.8, 4) is 5.75 Å². The third-order valence-electron chi connectivity index (χ3n) is 6.48. The Bertz CT molecular complexity index is 1550. The van der Waals surface area contributed by atoms with Crippen LogP contribution in [0.4, 0.5) is 0 Å². The van der Waals surface area contributed by atoms with Gasteiger partial charge in [0, 0.05) is 22.2 Å². The first kappa shape index (κ1) is 24.2. The van der Waals surface area contributed by atoms with Gasteiger partial charge in [0.2, 0.25) is 5.91 Å². The summed E-state index contributed by atoms with van der Waals surface area (Å²) < 4.78 is 34.8. The van der Waals surface area contributed by atoms with Crippen molar-refractivity contribution in [1.29, 1.82) is 0 Å². The predicted molar refractivity (Wildman–Crippen MR) is 137 cm³/mol. The predicted octanol–water partition coefficient (Wildman–Crippen LogP) is 4.45. The van der Waals surface area contributed by atoms with Crippen molar-refractivity contribution in [3.05, 3.63) is 75.9 Å². The molecule has 5 rings (SSSR count). The topological polar surface area (TPSA) is 107 Å². The summed E-state index contributed by atoms with van der Waals surface area (Å²) in [6.45, 7) is 3.94. The number of fused-ring (bicyclic) bond motifs is 1. The van der Waals surface area contributed by atoms with Crippen LogP contribution in [0.3, 0.4) is 0 Å². The van der Waals surface area contributed by atoms with E-state index >= 15 is 0 Å². The number of nitrogens with zero attached hydrogens (tertiary/aromatic N) is 2. The molecule has 10 heteroatoms. The van der Waals surface area contributed by atoms with E-state index < -0.39 is 15.4 Å². The van der Waals surface area contributed by atoms with E-state index in [2.05, 4.69) is 10.3 Å². The van der Waals surface area contributed by atoms with E-state index in [1.807, 2.05) is 19.2 Å². The van der Waals surface area contributed by atoms with E-state index in [1.165, 1.54) is 15.3 Å². The number of ether oxygens (including phenoxy) is 1. The molecule has 8 nitrogen and oxygen atoms in total.